The molecule has 0 radical (unpaired) electrons. The lowest BCUT2D eigenvalue weighted by molar-refractivity contribution is -0.148. The molecule has 0 fully saturated rings. The van der Waals surface area contributed by atoms with Gasteiger partial charge < -0.3 is 29.6 Å². The minimum atomic E-state index is -0.798. The van der Waals surface area contributed by atoms with Crippen LogP contribution in [0, 0.1) is 0 Å². The molecule has 158 valence electrons. The zero-order valence-electron chi connectivity index (χ0n) is 16.7. The van der Waals surface area contributed by atoms with Crippen molar-refractivity contribution >= 4 is 23.9 Å². The minimum Gasteiger partial charge on any atom is -0.462 e. The van der Waals surface area contributed by atoms with Gasteiger partial charge in [-0.2, -0.15) is 0 Å². The van der Waals surface area contributed by atoms with Gasteiger partial charge >= 0.3 is 23.9 Å². The van der Waals surface area contributed by atoms with Crippen molar-refractivity contribution in [3.63, 3.8) is 0 Å². The summed E-state index contributed by atoms with van der Waals surface area (Å²) in [6.45, 7) is 7.47. The van der Waals surface area contributed by atoms with E-state index in [1.54, 1.807) is 27.7 Å². The van der Waals surface area contributed by atoms with Crippen molar-refractivity contribution in [1.82, 2.24) is 10.6 Å². The van der Waals surface area contributed by atoms with Gasteiger partial charge in [-0.3, -0.25) is 0 Å². The van der Waals surface area contributed by atoms with E-state index in [-0.39, 0.29) is 50.7 Å². The highest BCUT2D eigenvalue weighted by Crippen LogP contribution is 2.02. The molecule has 0 saturated heterocycles. The van der Waals surface area contributed by atoms with Gasteiger partial charge in [0.15, 0.2) is 11.1 Å². The van der Waals surface area contributed by atoms with Crippen LogP contribution in [0.25, 0.3) is 0 Å². The summed E-state index contributed by atoms with van der Waals surface area (Å²) in [5.74, 6) is -3.19. The fourth-order valence-electron chi connectivity index (χ4n) is 1.73. The van der Waals surface area contributed by atoms with E-state index in [1.165, 1.54) is 12.4 Å². The van der Waals surface area contributed by atoms with Gasteiger partial charge in [0.2, 0.25) is 0 Å². The molecule has 0 aliphatic rings. The highest BCUT2D eigenvalue weighted by Gasteiger charge is 2.21. The van der Waals surface area contributed by atoms with Gasteiger partial charge in [-0.1, -0.05) is 0 Å². The second-order valence-corrected chi connectivity index (χ2v) is 4.91. The number of ether oxygens (including phenoxy) is 4. The first-order valence-electron chi connectivity index (χ1n) is 8.98. The van der Waals surface area contributed by atoms with Gasteiger partial charge in [-0.05, 0) is 27.7 Å². The molecule has 0 aromatic heterocycles. The first-order valence-corrected chi connectivity index (χ1v) is 8.98. The summed E-state index contributed by atoms with van der Waals surface area (Å²) in [7, 11) is 0. The van der Waals surface area contributed by atoms with Crippen molar-refractivity contribution in [3.05, 3.63) is 23.5 Å². The van der Waals surface area contributed by atoms with Crippen molar-refractivity contribution in [1.29, 1.82) is 0 Å². The van der Waals surface area contributed by atoms with Gasteiger partial charge in [0.25, 0.3) is 0 Å². The number of carbonyl (C=O) groups is 4. The molecule has 0 aliphatic heterocycles. The van der Waals surface area contributed by atoms with Gasteiger partial charge in [0, 0.05) is 25.5 Å². The van der Waals surface area contributed by atoms with Crippen molar-refractivity contribution in [2.24, 2.45) is 0 Å². The highest BCUT2D eigenvalue weighted by molar-refractivity contribution is 6.14. The predicted octanol–water partition coefficient (Wildman–Crippen LogP) is 0.186. The molecule has 2 N–H and O–H groups in total. The third-order valence-electron chi connectivity index (χ3n) is 2.89. The van der Waals surface area contributed by atoms with Crippen molar-refractivity contribution < 1.29 is 38.1 Å². The van der Waals surface area contributed by atoms with Crippen LogP contribution >= 0.6 is 0 Å². The molecule has 10 heteroatoms. The molecule has 0 bridgehead atoms. The summed E-state index contributed by atoms with van der Waals surface area (Å²) in [5.41, 5.74) is -0.532. The van der Waals surface area contributed by atoms with E-state index in [1.807, 2.05) is 0 Å². The molecule has 0 unspecified atom stereocenters. The smallest absolute Gasteiger partial charge is 0.347 e. The van der Waals surface area contributed by atoms with Crippen LogP contribution in [0.3, 0.4) is 0 Å². The molecule has 0 atom stereocenters. The molecule has 0 spiro atoms. The van der Waals surface area contributed by atoms with Crippen LogP contribution < -0.4 is 10.6 Å². The van der Waals surface area contributed by atoms with E-state index in [2.05, 4.69) is 10.6 Å². The van der Waals surface area contributed by atoms with Crippen molar-refractivity contribution in [2.75, 3.05) is 39.5 Å². The summed E-state index contributed by atoms with van der Waals surface area (Å²) >= 11 is 0. The SMILES string of the molecule is CCOC(=O)C(=CNCCNC=C(C(=O)OCC)C(=O)OCC)C(=O)OCC. The summed E-state index contributed by atoms with van der Waals surface area (Å²) in [6, 6.07) is 0. The average molecular weight is 400 g/mol. The van der Waals surface area contributed by atoms with Crippen LogP contribution in [0.5, 0.6) is 0 Å². The Hall–Kier alpha value is -3.04. The zero-order valence-corrected chi connectivity index (χ0v) is 16.7. The molecule has 0 heterocycles. The Morgan fingerprint density at radius 3 is 1.04 bits per heavy atom. The zero-order chi connectivity index (χ0) is 21.4. The minimum absolute atomic E-state index is 0.117. The molecule has 0 aromatic carbocycles. The first kappa shape index (κ1) is 25.0. The Bertz CT molecular complexity index is 506. The molecule has 10 nitrogen and oxygen atoms in total. The van der Waals surface area contributed by atoms with E-state index in [0.717, 1.165) is 0 Å². The monoisotopic (exact) mass is 400 g/mol. The van der Waals surface area contributed by atoms with Crippen LogP contribution in [-0.2, 0) is 38.1 Å². The number of rotatable bonds is 13. The van der Waals surface area contributed by atoms with E-state index < -0.39 is 23.9 Å². The molecule has 0 amide bonds. The third kappa shape index (κ3) is 9.60. The van der Waals surface area contributed by atoms with Crippen LogP contribution in [-0.4, -0.2) is 63.4 Å². The summed E-state index contributed by atoms with van der Waals surface area (Å²) in [5, 5.41) is 5.52. The van der Waals surface area contributed by atoms with Crippen LogP contribution in [0.1, 0.15) is 27.7 Å². The Balaban J connectivity index is 4.79. The fourth-order valence-corrected chi connectivity index (χ4v) is 1.73. The highest BCUT2D eigenvalue weighted by atomic mass is 16.6. The Morgan fingerprint density at radius 2 is 0.821 bits per heavy atom. The number of carbonyl (C=O) groups excluding carboxylic acids is 4. The Kier molecular flexibility index (Phi) is 13.4. The Morgan fingerprint density at radius 1 is 0.571 bits per heavy atom. The maximum atomic E-state index is 11.8. The number of hydrogen-bond acceptors (Lipinski definition) is 10. The van der Waals surface area contributed by atoms with Crippen LogP contribution in [0.2, 0.25) is 0 Å². The number of esters is 4. The molecular formula is C18H28N2O8. The molecule has 0 aromatic rings. The van der Waals surface area contributed by atoms with Crippen LogP contribution in [0.15, 0.2) is 23.5 Å². The second kappa shape index (κ2) is 15.1. The molecule has 28 heavy (non-hydrogen) atoms. The average Bonchev–Trinajstić information content (AvgIpc) is 2.64. The molecule has 0 rings (SSSR count). The largest absolute Gasteiger partial charge is 0.462 e. The lowest BCUT2D eigenvalue weighted by atomic mass is 10.3. The van der Waals surface area contributed by atoms with Gasteiger partial charge in [-0.25, -0.2) is 19.2 Å². The third-order valence-corrected chi connectivity index (χ3v) is 2.89. The summed E-state index contributed by atoms with van der Waals surface area (Å²) in [6.07, 6.45) is 2.39. The number of hydrogen-bond donors (Lipinski definition) is 2. The molecular weight excluding hydrogens is 372 g/mol. The number of nitrogens with one attached hydrogen (secondary N) is 2. The molecule has 0 aliphatic carbocycles. The first-order chi connectivity index (χ1) is 13.4. The van der Waals surface area contributed by atoms with E-state index in [0.29, 0.717) is 0 Å². The normalized spacial score (nSPS) is 9.43. The summed E-state index contributed by atoms with van der Waals surface area (Å²) in [4.78, 5) is 47.1. The maximum absolute atomic E-state index is 11.8. The quantitative estimate of drug-likeness (QED) is 0.110. The van der Waals surface area contributed by atoms with Crippen molar-refractivity contribution in [2.45, 2.75) is 27.7 Å². The molecule has 0 saturated carbocycles. The van der Waals surface area contributed by atoms with E-state index >= 15 is 0 Å². The fraction of sp³-hybridized carbons (Fsp3) is 0.556. The van der Waals surface area contributed by atoms with Gasteiger partial charge in [-0.15, -0.1) is 0 Å². The lowest BCUT2D eigenvalue weighted by Crippen LogP contribution is -2.26. The summed E-state index contributed by atoms with van der Waals surface area (Å²) < 4.78 is 19.2. The second-order valence-electron chi connectivity index (χ2n) is 4.91. The van der Waals surface area contributed by atoms with Crippen LogP contribution in [0.4, 0.5) is 0 Å². The maximum Gasteiger partial charge on any atom is 0.347 e. The standard InChI is InChI=1S/C18H28N2O8/c1-5-25-15(21)13(16(22)26-6-2)11-19-9-10-20-12-14(17(23)27-7-3)18(24)28-8-4/h11-12,19-20H,5-10H2,1-4H3. The van der Waals surface area contributed by atoms with Gasteiger partial charge in [0.05, 0.1) is 26.4 Å². The Labute approximate surface area is 164 Å². The lowest BCUT2D eigenvalue weighted by Gasteiger charge is -2.09. The topological polar surface area (TPSA) is 129 Å². The van der Waals surface area contributed by atoms with E-state index in [4.69, 9.17) is 18.9 Å². The van der Waals surface area contributed by atoms with E-state index in [9.17, 15) is 19.2 Å². The van der Waals surface area contributed by atoms with Gasteiger partial charge in [0.1, 0.15) is 0 Å². The van der Waals surface area contributed by atoms with Crippen molar-refractivity contribution in [3.8, 4) is 0 Å². The predicted molar refractivity (Wildman–Crippen MR) is 98.7 cm³/mol.